The summed E-state index contributed by atoms with van der Waals surface area (Å²) in [5, 5.41) is 0.192. The molecular formula is C18H27ClFN. The molecule has 1 aromatic carbocycles. The first-order valence-corrected chi connectivity index (χ1v) is 8.36. The largest absolute Gasteiger partial charge is 0.325 e. The van der Waals surface area contributed by atoms with Crippen LogP contribution in [0.3, 0.4) is 0 Å². The van der Waals surface area contributed by atoms with Gasteiger partial charge in [0.15, 0.2) is 0 Å². The van der Waals surface area contributed by atoms with E-state index in [1.807, 2.05) is 0 Å². The van der Waals surface area contributed by atoms with Gasteiger partial charge in [0, 0.05) is 5.54 Å². The van der Waals surface area contributed by atoms with Crippen LogP contribution in [0.2, 0.25) is 5.02 Å². The molecule has 2 rings (SSSR count). The Kier molecular flexibility index (Phi) is 4.99. The molecule has 0 aromatic heterocycles. The molecule has 1 nitrogen and oxygen atoms in total. The first-order valence-electron chi connectivity index (χ1n) is 7.98. The molecule has 118 valence electrons. The van der Waals surface area contributed by atoms with Crippen molar-refractivity contribution in [2.75, 3.05) is 0 Å². The maximum absolute atomic E-state index is 13.2. The zero-order valence-electron chi connectivity index (χ0n) is 13.4. The van der Waals surface area contributed by atoms with Crippen molar-refractivity contribution in [3.05, 3.63) is 34.6 Å². The zero-order chi connectivity index (χ0) is 15.7. The predicted octanol–water partition coefficient (Wildman–Crippen LogP) is 5.35. The van der Waals surface area contributed by atoms with Crippen molar-refractivity contribution < 1.29 is 4.39 Å². The van der Waals surface area contributed by atoms with Crippen molar-refractivity contribution in [1.29, 1.82) is 0 Å². The zero-order valence-corrected chi connectivity index (χ0v) is 14.1. The minimum Gasteiger partial charge on any atom is -0.325 e. The van der Waals surface area contributed by atoms with E-state index in [9.17, 15) is 4.39 Å². The second-order valence-electron chi connectivity index (χ2n) is 7.40. The van der Waals surface area contributed by atoms with Gasteiger partial charge in [0.2, 0.25) is 0 Å². The van der Waals surface area contributed by atoms with Gasteiger partial charge in [0.05, 0.1) is 5.02 Å². The van der Waals surface area contributed by atoms with Crippen molar-refractivity contribution in [3.63, 3.8) is 0 Å². The normalized spacial score (nSPS) is 26.9. The molecule has 0 bridgehead atoms. The Morgan fingerprint density at radius 1 is 1.33 bits per heavy atom. The monoisotopic (exact) mass is 311 g/mol. The number of hydrogen-bond donors (Lipinski definition) is 1. The Morgan fingerprint density at radius 3 is 2.48 bits per heavy atom. The van der Waals surface area contributed by atoms with Crippen LogP contribution in [-0.2, 0) is 6.42 Å². The van der Waals surface area contributed by atoms with Gasteiger partial charge >= 0.3 is 0 Å². The second kappa shape index (κ2) is 6.26. The van der Waals surface area contributed by atoms with Gasteiger partial charge in [-0.25, -0.2) is 4.39 Å². The highest BCUT2D eigenvalue weighted by Gasteiger charge is 2.37. The minimum absolute atomic E-state index is 0.165. The Hall–Kier alpha value is -0.600. The van der Waals surface area contributed by atoms with E-state index in [-0.39, 0.29) is 16.4 Å². The van der Waals surface area contributed by atoms with Crippen LogP contribution >= 0.6 is 11.6 Å². The van der Waals surface area contributed by atoms with Crippen LogP contribution in [0.5, 0.6) is 0 Å². The van der Waals surface area contributed by atoms with Crippen molar-refractivity contribution >= 4 is 11.6 Å². The van der Waals surface area contributed by atoms with Crippen molar-refractivity contribution in [2.45, 2.75) is 64.8 Å². The molecule has 0 spiro atoms. The first kappa shape index (κ1) is 16.8. The fourth-order valence-electron chi connectivity index (χ4n) is 3.50. The second-order valence-corrected chi connectivity index (χ2v) is 7.81. The quantitative estimate of drug-likeness (QED) is 0.797. The molecule has 3 heteroatoms. The average molecular weight is 312 g/mol. The molecule has 0 unspecified atom stereocenters. The number of rotatable bonds is 4. The maximum Gasteiger partial charge on any atom is 0.141 e. The van der Waals surface area contributed by atoms with Crippen LogP contribution in [-0.4, -0.2) is 5.54 Å². The average Bonchev–Trinajstić information content (AvgIpc) is 2.43. The molecule has 0 aliphatic heterocycles. The predicted molar refractivity (Wildman–Crippen MR) is 88.1 cm³/mol. The molecule has 1 saturated carbocycles. The summed E-state index contributed by atoms with van der Waals surface area (Å²) in [6.07, 6.45) is 6.44. The summed E-state index contributed by atoms with van der Waals surface area (Å²) in [6.45, 7) is 6.99. The van der Waals surface area contributed by atoms with Crippen LogP contribution < -0.4 is 5.73 Å². The molecule has 2 N–H and O–H groups in total. The molecule has 1 aromatic rings. The summed E-state index contributed by atoms with van der Waals surface area (Å²) in [5.41, 5.74) is 7.87. The molecular weight excluding hydrogens is 285 g/mol. The Balaban J connectivity index is 2.00. The maximum atomic E-state index is 13.2. The van der Waals surface area contributed by atoms with E-state index in [0.29, 0.717) is 5.41 Å². The number of halogens is 2. The Morgan fingerprint density at radius 2 is 1.95 bits per heavy atom. The smallest absolute Gasteiger partial charge is 0.141 e. The summed E-state index contributed by atoms with van der Waals surface area (Å²) >= 11 is 5.86. The van der Waals surface area contributed by atoms with Gasteiger partial charge in [-0.05, 0) is 61.1 Å². The lowest BCUT2D eigenvalue weighted by Gasteiger charge is -2.43. The molecule has 1 aliphatic carbocycles. The van der Waals surface area contributed by atoms with E-state index in [0.717, 1.165) is 30.7 Å². The number of hydrogen-bond acceptors (Lipinski definition) is 1. The summed E-state index contributed by atoms with van der Waals surface area (Å²) < 4.78 is 13.2. The molecule has 0 atom stereocenters. The standard InChI is InChI=1S/C18H27ClFN/c1-4-17(2,3)14-7-9-18(21,10-8-14)12-13-5-6-16(20)15(19)11-13/h5-6,11,14H,4,7-10,12,21H2,1-3H3. The first-order chi connectivity index (χ1) is 9.76. The van der Waals surface area contributed by atoms with E-state index in [4.69, 9.17) is 17.3 Å². The van der Waals surface area contributed by atoms with E-state index in [1.54, 1.807) is 12.1 Å². The topological polar surface area (TPSA) is 26.0 Å². The molecule has 1 fully saturated rings. The summed E-state index contributed by atoms with van der Waals surface area (Å²) in [7, 11) is 0. The SMILES string of the molecule is CCC(C)(C)C1CCC(N)(Cc2ccc(F)c(Cl)c2)CC1. The summed E-state index contributed by atoms with van der Waals surface area (Å²) in [4.78, 5) is 0. The molecule has 0 amide bonds. The van der Waals surface area contributed by atoms with Gasteiger partial charge in [-0.2, -0.15) is 0 Å². The van der Waals surface area contributed by atoms with E-state index in [1.165, 1.54) is 25.3 Å². The summed E-state index contributed by atoms with van der Waals surface area (Å²) in [6, 6.07) is 4.96. The van der Waals surface area contributed by atoms with Crippen LogP contribution in [0, 0.1) is 17.2 Å². The lowest BCUT2D eigenvalue weighted by atomic mass is 9.65. The van der Waals surface area contributed by atoms with Crippen LogP contribution in [0.1, 0.15) is 58.4 Å². The Bertz CT molecular complexity index is 490. The molecule has 1 aliphatic rings. The molecule has 0 saturated heterocycles. The third-order valence-corrected chi connectivity index (χ3v) is 5.83. The van der Waals surface area contributed by atoms with Gasteiger partial charge in [-0.3, -0.25) is 0 Å². The van der Waals surface area contributed by atoms with Crippen LogP contribution in [0.15, 0.2) is 18.2 Å². The number of nitrogens with two attached hydrogens (primary N) is 1. The third-order valence-electron chi connectivity index (χ3n) is 5.54. The van der Waals surface area contributed by atoms with E-state index < -0.39 is 0 Å². The highest BCUT2D eigenvalue weighted by Crippen LogP contribution is 2.43. The van der Waals surface area contributed by atoms with Gasteiger partial charge in [0.25, 0.3) is 0 Å². The Labute approximate surface area is 133 Å². The fraction of sp³-hybridized carbons (Fsp3) is 0.667. The fourth-order valence-corrected chi connectivity index (χ4v) is 3.70. The third kappa shape index (κ3) is 3.98. The minimum atomic E-state index is -0.361. The van der Waals surface area contributed by atoms with Crippen molar-refractivity contribution in [3.8, 4) is 0 Å². The number of benzene rings is 1. The van der Waals surface area contributed by atoms with Gasteiger partial charge in [-0.1, -0.05) is 44.9 Å². The van der Waals surface area contributed by atoms with Gasteiger partial charge < -0.3 is 5.73 Å². The van der Waals surface area contributed by atoms with Crippen molar-refractivity contribution in [1.82, 2.24) is 0 Å². The highest BCUT2D eigenvalue weighted by molar-refractivity contribution is 6.30. The van der Waals surface area contributed by atoms with Crippen LogP contribution in [0.25, 0.3) is 0 Å². The molecule has 0 radical (unpaired) electrons. The van der Waals surface area contributed by atoms with Crippen LogP contribution in [0.4, 0.5) is 4.39 Å². The van der Waals surface area contributed by atoms with E-state index in [2.05, 4.69) is 20.8 Å². The lowest BCUT2D eigenvalue weighted by molar-refractivity contribution is 0.115. The highest BCUT2D eigenvalue weighted by atomic mass is 35.5. The molecule has 0 heterocycles. The lowest BCUT2D eigenvalue weighted by Crippen LogP contribution is -2.47. The van der Waals surface area contributed by atoms with Crippen molar-refractivity contribution in [2.24, 2.45) is 17.1 Å². The molecule has 21 heavy (non-hydrogen) atoms. The van der Waals surface area contributed by atoms with Gasteiger partial charge in [-0.15, -0.1) is 0 Å². The van der Waals surface area contributed by atoms with Gasteiger partial charge in [0.1, 0.15) is 5.82 Å². The summed E-state index contributed by atoms with van der Waals surface area (Å²) in [5.74, 6) is 0.399. The van der Waals surface area contributed by atoms with E-state index >= 15 is 0 Å².